The van der Waals surface area contributed by atoms with E-state index in [1.54, 1.807) is 36.4 Å². The van der Waals surface area contributed by atoms with Crippen molar-refractivity contribution in [3.05, 3.63) is 118 Å². The van der Waals surface area contributed by atoms with Crippen LogP contribution in [0.2, 0.25) is 0 Å². The third-order valence-corrected chi connectivity index (χ3v) is 13.2. The molecule has 0 radical (unpaired) electrons. The second-order valence-electron chi connectivity index (χ2n) is 17.3. The van der Waals surface area contributed by atoms with Crippen LogP contribution in [0.15, 0.2) is 84.7 Å². The number of carboxylic acids is 3. The molecule has 3 aromatic rings. The minimum atomic E-state index is -4.79. The van der Waals surface area contributed by atoms with Crippen LogP contribution in [0.4, 0.5) is 11.4 Å². The lowest BCUT2D eigenvalue weighted by atomic mass is 9.80. The highest BCUT2D eigenvalue weighted by atomic mass is 32.2. The van der Waals surface area contributed by atoms with Gasteiger partial charge in [0, 0.05) is 70.4 Å². The predicted octanol–water partition coefficient (Wildman–Crippen LogP) is 4.83. The van der Waals surface area contributed by atoms with Gasteiger partial charge in [-0.15, -0.1) is 0 Å². The number of aromatic carboxylic acids is 1. The molecule has 0 spiro atoms. The molecule has 67 heavy (non-hydrogen) atoms. The largest absolute Gasteiger partial charge is 0.480 e. The second kappa shape index (κ2) is 20.1. The van der Waals surface area contributed by atoms with Gasteiger partial charge in [-0.2, -0.15) is 21.4 Å². The molecule has 0 saturated heterocycles. The van der Waals surface area contributed by atoms with Gasteiger partial charge >= 0.3 is 17.9 Å². The van der Waals surface area contributed by atoms with Crippen molar-refractivity contribution in [2.24, 2.45) is 0 Å². The van der Waals surface area contributed by atoms with Gasteiger partial charge in [-0.3, -0.25) is 28.5 Å². The van der Waals surface area contributed by atoms with Crippen molar-refractivity contribution in [1.82, 2.24) is 15.6 Å². The number of fused-ring (bicyclic) bond motifs is 2. The summed E-state index contributed by atoms with van der Waals surface area (Å²) in [7, 11) is -9.14. The van der Waals surface area contributed by atoms with Gasteiger partial charge in [0.25, 0.3) is 32.1 Å². The molecule has 2 amide bonds. The van der Waals surface area contributed by atoms with Gasteiger partial charge in [0.15, 0.2) is 5.71 Å². The van der Waals surface area contributed by atoms with E-state index in [1.165, 1.54) is 31.3 Å². The maximum atomic E-state index is 13.3. The Morgan fingerprint density at radius 2 is 1.43 bits per heavy atom. The van der Waals surface area contributed by atoms with Crippen molar-refractivity contribution in [2.75, 3.05) is 29.5 Å². The van der Waals surface area contributed by atoms with Gasteiger partial charge < -0.3 is 30.9 Å². The number of carbonyl (C=O) groups is 5. The van der Waals surface area contributed by atoms with E-state index in [9.17, 15) is 65.2 Å². The van der Waals surface area contributed by atoms with E-state index in [0.717, 1.165) is 29.8 Å². The Hall–Kier alpha value is -6.55. The number of nitrogens with zero attached hydrogens (tertiary/aromatic N) is 3. The maximum absolute atomic E-state index is 13.3. The average Bonchev–Trinajstić information content (AvgIpc) is 3.58. The lowest BCUT2D eigenvalue weighted by molar-refractivity contribution is -0.437. The van der Waals surface area contributed by atoms with Crippen molar-refractivity contribution in [3.8, 4) is 0 Å². The second-order valence-corrected chi connectivity index (χ2v) is 20.4. The Morgan fingerprint density at radius 1 is 0.806 bits per heavy atom. The molecule has 5 rings (SSSR count). The number of benzene rings is 2. The summed E-state index contributed by atoms with van der Waals surface area (Å²) in [6.45, 7) is 11.8. The fourth-order valence-electron chi connectivity index (χ4n) is 8.06. The minimum Gasteiger partial charge on any atom is -0.480 e. The fourth-order valence-corrected chi connectivity index (χ4v) is 9.20. The first-order valence-electron chi connectivity index (χ1n) is 21.2. The van der Waals surface area contributed by atoms with Gasteiger partial charge in [-0.1, -0.05) is 33.3 Å². The van der Waals surface area contributed by atoms with E-state index in [2.05, 4.69) is 27.4 Å². The molecule has 21 heteroatoms. The Morgan fingerprint density at radius 3 is 2.00 bits per heavy atom. The third-order valence-electron chi connectivity index (χ3n) is 11.7. The van der Waals surface area contributed by atoms with Crippen LogP contribution in [0, 0.1) is 0 Å². The maximum Gasteiger partial charge on any atom is 0.337 e. The molecule has 3 heterocycles. The van der Waals surface area contributed by atoms with E-state index >= 15 is 0 Å². The van der Waals surface area contributed by atoms with Crippen LogP contribution in [0.5, 0.6) is 0 Å². The van der Waals surface area contributed by atoms with Crippen molar-refractivity contribution in [3.63, 3.8) is 0 Å². The quantitative estimate of drug-likeness (QED) is 0.0453. The molecule has 0 fully saturated rings. The Bertz CT molecular complexity index is 2850. The smallest absolute Gasteiger partial charge is 0.337 e. The highest BCUT2D eigenvalue weighted by Crippen LogP contribution is 2.48. The number of carboxylic acid groups (broad SMARTS) is 3. The Balaban J connectivity index is 1.64. The zero-order valence-corrected chi connectivity index (χ0v) is 39.3. The van der Waals surface area contributed by atoms with Crippen LogP contribution >= 0.6 is 0 Å². The number of allylic oxidation sites excluding steroid dienone is 6. The number of hydrogen-bond donors (Lipinski definition) is 7. The monoisotopic (exact) mass is 964 g/mol. The number of carbonyl (C=O) groups excluding carboxylic acids is 2. The van der Waals surface area contributed by atoms with E-state index in [0.29, 0.717) is 34.8 Å². The molecule has 0 bridgehead atoms. The highest BCUT2D eigenvalue weighted by molar-refractivity contribution is 7.86. The van der Waals surface area contributed by atoms with Crippen LogP contribution in [0.1, 0.15) is 109 Å². The van der Waals surface area contributed by atoms with Gasteiger partial charge in [0.05, 0.1) is 22.4 Å². The summed E-state index contributed by atoms with van der Waals surface area (Å²) in [5.41, 5.74) is 3.63. The highest BCUT2D eigenvalue weighted by Gasteiger charge is 2.45. The Kier molecular flexibility index (Phi) is 15.5. The van der Waals surface area contributed by atoms with Crippen molar-refractivity contribution in [1.29, 1.82) is 0 Å². The lowest BCUT2D eigenvalue weighted by Gasteiger charge is -2.27. The van der Waals surface area contributed by atoms with E-state index in [1.807, 2.05) is 50.5 Å². The number of rotatable bonds is 20. The molecule has 2 aromatic carbocycles. The molecule has 0 saturated carbocycles. The first-order valence-corrected chi connectivity index (χ1v) is 24.4. The standard InChI is InChI=1S/C46H53N5O14S2/c1-7-8-20-50-36-16-11-29(40(52)48-27(2)42(54)55)23-32(36)45(3,4)38(50)18-13-28(34-15-10-31(25-47-34)43(56)57)14-19-39-46(5,6)33-24-30(41(53)49-35(44(58)59)26-67(63,64)65)12-17-37(33)51(39)21-9-22-66(60,61)62/h10-19,23-25,27,35H,7-9,20-22,26H2,1-6H3,(H6-,48,49,52,53,54,55,56,57,58,59,60,61,62,63,64,65)/p+1. The fraction of sp³-hybridized carbons (Fsp3) is 0.370. The SMILES string of the molecule is CCCCN1C(=CC=C(C=CC2=[N+](CCCS(=O)(=O)O)c3ccc(C(=O)NC(CS(=O)(=O)O)C(=O)O)cc3C2(C)C)c2ccc(C(=O)O)cn2)C(C)(C)c2cc(C(=O)NC(C)C(=O)O)ccc21. The zero-order valence-electron chi connectivity index (χ0n) is 37.7. The molecule has 2 aliphatic rings. The van der Waals surface area contributed by atoms with E-state index in [-0.39, 0.29) is 29.7 Å². The van der Waals surface area contributed by atoms with Crippen LogP contribution in [-0.4, -0.2) is 123 Å². The molecule has 2 atom stereocenters. The van der Waals surface area contributed by atoms with Crippen molar-refractivity contribution in [2.45, 2.75) is 83.7 Å². The van der Waals surface area contributed by atoms with E-state index in [4.69, 9.17) is 0 Å². The normalized spacial score (nSPS) is 17.0. The summed E-state index contributed by atoms with van der Waals surface area (Å²) in [5.74, 6) is -7.38. The number of hydrogen-bond acceptors (Lipinski definition) is 11. The molecule has 7 N–H and O–H groups in total. The summed E-state index contributed by atoms with van der Waals surface area (Å²) in [4.78, 5) is 68.2. The summed E-state index contributed by atoms with van der Waals surface area (Å²) in [6, 6.07) is 9.53. The minimum absolute atomic E-state index is 0.0257. The van der Waals surface area contributed by atoms with Gasteiger partial charge in [0.2, 0.25) is 5.69 Å². The van der Waals surface area contributed by atoms with Gasteiger partial charge in [-0.05, 0) is 87.4 Å². The van der Waals surface area contributed by atoms with Gasteiger partial charge in [0.1, 0.15) is 24.4 Å². The number of nitrogens with one attached hydrogen (secondary N) is 2. The number of amides is 2. The molecule has 2 unspecified atom stereocenters. The van der Waals surface area contributed by atoms with Crippen LogP contribution in [-0.2, 0) is 40.7 Å². The molecule has 0 aliphatic carbocycles. The summed E-state index contributed by atoms with van der Waals surface area (Å²) in [5, 5.41) is 33.2. The molecule has 19 nitrogen and oxygen atoms in total. The van der Waals surface area contributed by atoms with Crippen LogP contribution < -0.4 is 15.5 Å². The number of pyridine rings is 1. The van der Waals surface area contributed by atoms with Crippen molar-refractivity contribution >= 4 is 72.6 Å². The molecular weight excluding hydrogens is 911 g/mol. The molecular formula is C46H54N5O14S2+. The molecule has 1 aromatic heterocycles. The van der Waals surface area contributed by atoms with E-state index < -0.39 is 84.4 Å². The Labute approximate surface area is 388 Å². The van der Waals surface area contributed by atoms with Crippen molar-refractivity contribution < 1.29 is 69.8 Å². The first kappa shape index (κ1) is 51.4. The molecule has 2 aliphatic heterocycles. The third kappa shape index (κ3) is 12.1. The number of anilines is 1. The summed E-state index contributed by atoms with van der Waals surface area (Å²) < 4.78 is 67.2. The van der Waals surface area contributed by atoms with Crippen LogP contribution in [0.3, 0.4) is 0 Å². The number of unbranched alkanes of at least 4 members (excludes halogenated alkanes) is 1. The number of aromatic nitrogens is 1. The van der Waals surface area contributed by atoms with Gasteiger partial charge in [-0.25, -0.2) is 9.59 Å². The first-order chi connectivity index (χ1) is 31.2. The topological polar surface area (TPSA) is 298 Å². The lowest BCUT2D eigenvalue weighted by Crippen LogP contribution is -2.45. The predicted molar refractivity (Wildman–Crippen MR) is 248 cm³/mol. The molecule has 358 valence electrons. The summed E-state index contributed by atoms with van der Waals surface area (Å²) in [6.07, 6.45) is 10.1. The average molecular weight is 965 g/mol. The number of aliphatic carboxylic acids is 2. The summed E-state index contributed by atoms with van der Waals surface area (Å²) >= 11 is 0. The van der Waals surface area contributed by atoms with Crippen LogP contribution in [0.25, 0.3) is 5.57 Å². The zero-order chi connectivity index (χ0) is 49.8.